The van der Waals surface area contributed by atoms with Crippen LogP contribution in [0.25, 0.3) is 0 Å². The number of nitrogens with two attached hydrogens (primary N) is 1. The number of rotatable bonds is 2. The number of nitriles is 1. The zero-order valence-corrected chi connectivity index (χ0v) is 11.2. The van der Waals surface area contributed by atoms with Crippen molar-refractivity contribution < 1.29 is 0 Å². The number of benzene rings is 1. The van der Waals surface area contributed by atoms with Gasteiger partial charge in [0.25, 0.3) is 0 Å². The van der Waals surface area contributed by atoms with Gasteiger partial charge in [-0.3, -0.25) is 0 Å². The highest BCUT2D eigenvalue weighted by atomic mass is 15.1. The Kier molecular flexibility index (Phi) is 3.47. The van der Waals surface area contributed by atoms with Gasteiger partial charge >= 0.3 is 0 Å². The number of piperidine rings is 1. The zero-order chi connectivity index (χ0) is 13.2. The molecule has 18 heavy (non-hydrogen) atoms. The Morgan fingerprint density at radius 2 is 2.06 bits per heavy atom. The SMILES string of the molecule is CCC1(C)CCN(c2ccc(C#N)cc2N)CC1. The fraction of sp³-hybridized carbons (Fsp3) is 0.533. The quantitative estimate of drug-likeness (QED) is 0.812. The van der Waals surface area contributed by atoms with Gasteiger partial charge in [0.1, 0.15) is 0 Å². The third-order valence-corrected chi connectivity index (χ3v) is 4.32. The van der Waals surface area contributed by atoms with Gasteiger partial charge in [0.15, 0.2) is 0 Å². The maximum Gasteiger partial charge on any atom is 0.0992 e. The molecule has 1 aromatic rings. The van der Waals surface area contributed by atoms with Crippen LogP contribution in [0.3, 0.4) is 0 Å². The maximum atomic E-state index is 8.84. The first-order valence-electron chi connectivity index (χ1n) is 6.62. The van der Waals surface area contributed by atoms with Gasteiger partial charge in [0.2, 0.25) is 0 Å². The summed E-state index contributed by atoms with van der Waals surface area (Å²) in [5.74, 6) is 0. The van der Waals surface area contributed by atoms with Gasteiger partial charge in [-0.2, -0.15) is 5.26 Å². The van der Waals surface area contributed by atoms with Gasteiger partial charge in [-0.15, -0.1) is 0 Å². The number of nitrogens with zero attached hydrogens (tertiary/aromatic N) is 2. The van der Waals surface area contributed by atoms with Crippen LogP contribution in [0.2, 0.25) is 0 Å². The van der Waals surface area contributed by atoms with Gasteiger partial charge in [-0.05, 0) is 36.5 Å². The van der Waals surface area contributed by atoms with Crippen LogP contribution < -0.4 is 10.6 Å². The fourth-order valence-electron chi connectivity index (χ4n) is 2.55. The molecular formula is C15H21N3. The van der Waals surface area contributed by atoms with Gasteiger partial charge in [0.05, 0.1) is 23.0 Å². The molecule has 0 unspecified atom stereocenters. The lowest BCUT2D eigenvalue weighted by Gasteiger charge is -2.40. The van der Waals surface area contributed by atoms with Gasteiger partial charge < -0.3 is 10.6 Å². The first-order chi connectivity index (χ1) is 8.58. The first-order valence-corrected chi connectivity index (χ1v) is 6.62. The van der Waals surface area contributed by atoms with Gasteiger partial charge in [0, 0.05) is 13.1 Å². The highest BCUT2D eigenvalue weighted by molar-refractivity contribution is 5.69. The topological polar surface area (TPSA) is 53.0 Å². The summed E-state index contributed by atoms with van der Waals surface area (Å²) < 4.78 is 0. The number of nitrogen functional groups attached to an aromatic ring is 1. The van der Waals surface area contributed by atoms with Crippen LogP contribution in [0.1, 0.15) is 38.7 Å². The Morgan fingerprint density at radius 3 is 2.56 bits per heavy atom. The summed E-state index contributed by atoms with van der Waals surface area (Å²) in [6.07, 6.45) is 3.66. The predicted molar refractivity (Wildman–Crippen MR) is 75.4 cm³/mol. The predicted octanol–water partition coefficient (Wildman–Crippen LogP) is 3.16. The number of hydrogen-bond donors (Lipinski definition) is 1. The van der Waals surface area contributed by atoms with Gasteiger partial charge in [-0.25, -0.2) is 0 Å². The Bertz CT molecular complexity index is 465. The van der Waals surface area contributed by atoms with Crippen LogP contribution in [0.15, 0.2) is 18.2 Å². The Labute approximate surface area is 109 Å². The second-order valence-corrected chi connectivity index (χ2v) is 5.54. The van der Waals surface area contributed by atoms with Crippen molar-refractivity contribution in [3.8, 4) is 6.07 Å². The largest absolute Gasteiger partial charge is 0.397 e. The molecule has 1 aliphatic rings. The lowest BCUT2D eigenvalue weighted by atomic mass is 9.78. The van der Waals surface area contributed by atoms with E-state index in [1.807, 2.05) is 12.1 Å². The second-order valence-electron chi connectivity index (χ2n) is 5.54. The lowest BCUT2D eigenvalue weighted by Crippen LogP contribution is -2.38. The third kappa shape index (κ3) is 2.43. The van der Waals surface area contributed by atoms with E-state index in [0.717, 1.165) is 18.8 Å². The molecule has 0 bridgehead atoms. The van der Waals surface area contributed by atoms with E-state index in [-0.39, 0.29) is 0 Å². The molecular weight excluding hydrogens is 222 g/mol. The molecule has 0 saturated carbocycles. The van der Waals surface area contributed by atoms with Crippen LogP contribution in [0, 0.1) is 16.7 Å². The Hall–Kier alpha value is -1.69. The molecule has 0 aromatic heterocycles. The standard InChI is InChI=1S/C15H21N3/c1-3-15(2)6-8-18(9-7-15)14-5-4-12(11-16)10-13(14)17/h4-5,10H,3,6-9,17H2,1-2H3. The summed E-state index contributed by atoms with van der Waals surface area (Å²) in [6, 6.07) is 7.71. The van der Waals surface area contributed by atoms with E-state index in [9.17, 15) is 0 Å². The van der Waals surface area contributed by atoms with E-state index in [0.29, 0.717) is 16.7 Å². The number of anilines is 2. The van der Waals surface area contributed by atoms with Crippen molar-refractivity contribution in [3.05, 3.63) is 23.8 Å². The number of hydrogen-bond acceptors (Lipinski definition) is 3. The summed E-state index contributed by atoms with van der Waals surface area (Å²) in [6.45, 7) is 6.75. The van der Waals surface area contributed by atoms with Crippen molar-refractivity contribution in [1.29, 1.82) is 5.26 Å². The molecule has 1 saturated heterocycles. The molecule has 2 rings (SSSR count). The molecule has 2 N–H and O–H groups in total. The van der Waals surface area contributed by atoms with Crippen molar-refractivity contribution in [2.24, 2.45) is 5.41 Å². The lowest BCUT2D eigenvalue weighted by molar-refractivity contribution is 0.238. The van der Waals surface area contributed by atoms with E-state index in [1.54, 1.807) is 6.07 Å². The highest BCUT2D eigenvalue weighted by Gasteiger charge is 2.28. The molecule has 1 aliphatic heterocycles. The molecule has 3 heteroatoms. The maximum absolute atomic E-state index is 8.84. The summed E-state index contributed by atoms with van der Waals surface area (Å²) >= 11 is 0. The normalized spacial score (nSPS) is 18.4. The van der Waals surface area contributed by atoms with Crippen LogP contribution in [-0.4, -0.2) is 13.1 Å². The van der Waals surface area contributed by atoms with E-state index < -0.39 is 0 Å². The minimum absolute atomic E-state index is 0.484. The van der Waals surface area contributed by atoms with Crippen molar-refractivity contribution >= 4 is 11.4 Å². The molecule has 1 aromatic carbocycles. The average molecular weight is 243 g/mol. The van der Waals surface area contributed by atoms with E-state index >= 15 is 0 Å². The van der Waals surface area contributed by atoms with Gasteiger partial charge in [-0.1, -0.05) is 20.3 Å². The molecule has 0 aliphatic carbocycles. The second kappa shape index (κ2) is 4.89. The Morgan fingerprint density at radius 1 is 1.39 bits per heavy atom. The van der Waals surface area contributed by atoms with E-state index in [1.165, 1.54) is 19.3 Å². The van der Waals surface area contributed by atoms with Crippen molar-refractivity contribution in [1.82, 2.24) is 0 Å². The van der Waals surface area contributed by atoms with Crippen molar-refractivity contribution in [2.45, 2.75) is 33.1 Å². The summed E-state index contributed by atoms with van der Waals surface area (Å²) in [7, 11) is 0. The molecule has 1 fully saturated rings. The minimum atomic E-state index is 0.484. The molecule has 0 atom stereocenters. The zero-order valence-electron chi connectivity index (χ0n) is 11.2. The molecule has 0 spiro atoms. The molecule has 0 amide bonds. The van der Waals surface area contributed by atoms with Crippen molar-refractivity contribution in [2.75, 3.05) is 23.7 Å². The van der Waals surface area contributed by atoms with Crippen molar-refractivity contribution in [3.63, 3.8) is 0 Å². The molecule has 1 heterocycles. The third-order valence-electron chi connectivity index (χ3n) is 4.32. The molecule has 96 valence electrons. The fourth-order valence-corrected chi connectivity index (χ4v) is 2.55. The molecule has 3 nitrogen and oxygen atoms in total. The average Bonchev–Trinajstić information content (AvgIpc) is 2.40. The summed E-state index contributed by atoms with van der Waals surface area (Å²) in [5.41, 5.74) is 8.94. The van der Waals surface area contributed by atoms with Crippen LogP contribution in [0.5, 0.6) is 0 Å². The van der Waals surface area contributed by atoms with Crippen LogP contribution >= 0.6 is 0 Å². The first kappa shape index (κ1) is 12.8. The van der Waals surface area contributed by atoms with E-state index in [4.69, 9.17) is 11.0 Å². The smallest absolute Gasteiger partial charge is 0.0992 e. The summed E-state index contributed by atoms with van der Waals surface area (Å²) in [4.78, 5) is 2.34. The monoisotopic (exact) mass is 243 g/mol. The Balaban J connectivity index is 2.13. The highest BCUT2D eigenvalue weighted by Crippen LogP contribution is 2.37. The van der Waals surface area contributed by atoms with E-state index in [2.05, 4.69) is 24.8 Å². The van der Waals surface area contributed by atoms with Crippen LogP contribution in [0.4, 0.5) is 11.4 Å². The molecule has 0 radical (unpaired) electrons. The summed E-state index contributed by atoms with van der Waals surface area (Å²) in [5, 5.41) is 8.84. The minimum Gasteiger partial charge on any atom is -0.397 e. The van der Waals surface area contributed by atoms with Crippen LogP contribution in [-0.2, 0) is 0 Å².